The molecule has 3 atom stereocenters. The van der Waals surface area contributed by atoms with E-state index in [0.717, 1.165) is 5.92 Å². The van der Waals surface area contributed by atoms with Gasteiger partial charge in [0, 0.05) is 12.5 Å². The maximum atomic E-state index is 5.69. The first-order valence-electron chi connectivity index (χ1n) is 7.55. The molecule has 0 aromatic heterocycles. The normalized spacial score (nSPS) is 37.3. The summed E-state index contributed by atoms with van der Waals surface area (Å²) in [6.45, 7) is 12.0. The van der Waals surface area contributed by atoms with Crippen LogP contribution < -0.4 is 0 Å². The highest BCUT2D eigenvalue weighted by atomic mass is 16.5. The first-order valence-corrected chi connectivity index (χ1v) is 7.55. The summed E-state index contributed by atoms with van der Waals surface area (Å²) in [4.78, 5) is 0. The lowest BCUT2D eigenvalue weighted by molar-refractivity contribution is -0.0309. The van der Waals surface area contributed by atoms with Crippen molar-refractivity contribution in [3.8, 4) is 0 Å². The van der Waals surface area contributed by atoms with Gasteiger partial charge in [-0.25, -0.2) is 0 Å². The van der Waals surface area contributed by atoms with Crippen LogP contribution in [0.2, 0.25) is 0 Å². The molecule has 0 heterocycles. The molecule has 0 aromatic carbocycles. The van der Waals surface area contributed by atoms with Gasteiger partial charge in [-0.2, -0.15) is 0 Å². The summed E-state index contributed by atoms with van der Waals surface area (Å²) >= 11 is 0. The van der Waals surface area contributed by atoms with Crippen molar-refractivity contribution in [2.24, 2.45) is 16.7 Å². The van der Waals surface area contributed by atoms with E-state index in [1.165, 1.54) is 32.1 Å². The minimum Gasteiger partial charge on any atom is -0.381 e. The van der Waals surface area contributed by atoms with Gasteiger partial charge in [0.2, 0.25) is 0 Å². The zero-order valence-corrected chi connectivity index (χ0v) is 13.1. The van der Waals surface area contributed by atoms with Crippen molar-refractivity contribution in [3.05, 3.63) is 11.1 Å². The molecule has 1 nitrogen and oxygen atoms in total. The monoisotopic (exact) mass is 250 g/mol. The first kappa shape index (κ1) is 14.1. The van der Waals surface area contributed by atoms with E-state index in [4.69, 9.17) is 4.74 Å². The molecule has 0 fully saturated rings. The highest BCUT2D eigenvalue weighted by Crippen LogP contribution is 2.55. The summed E-state index contributed by atoms with van der Waals surface area (Å²) < 4.78 is 5.69. The fourth-order valence-electron chi connectivity index (χ4n) is 4.09. The Labute approximate surface area is 113 Å². The predicted molar refractivity (Wildman–Crippen MR) is 77.6 cm³/mol. The second-order valence-electron chi connectivity index (χ2n) is 7.49. The van der Waals surface area contributed by atoms with Crippen LogP contribution in [0.3, 0.4) is 0 Å². The number of hydrogen-bond acceptors (Lipinski definition) is 1. The van der Waals surface area contributed by atoms with Crippen LogP contribution in [0.1, 0.15) is 66.7 Å². The molecule has 0 spiro atoms. The lowest BCUT2D eigenvalue weighted by atomic mass is 9.57. The maximum absolute atomic E-state index is 5.69. The smallest absolute Gasteiger partial charge is 0.0602 e. The van der Waals surface area contributed by atoms with Crippen LogP contribution >= 0.6 is 0 Å². The van der Waals surface area contributed by atoms with Crippen molar-refractivity contribution in [1.29, 1.82) is 0 Å². The van der Waals surface area contributed by atoms with Gasteiger partial charge in [-0.15, -0.1) is 0 Å². The standard InChI is InChI=1S/C17H30O/c1-12-10-14-8-7-9-16(3,4)15(14)11-17(12,5)13(2)18-6/h12-13H,7-11H2,1-6H3. The largest absolute Gasteiger partial charge is 0.381 e. The molecular weight excluding hydrogens is 220 g/mol. The predicted octanol–water partition coefficient (Wildman–Crippen LogP) is 4.96. The molecule has 0 amide bonds. The van der Waals surface area contributed by atoms with Crippen LogP contribution in [-0.4, -0.2) is 13.2 Å². The van der Waals surface area contributed by atoms with Gasteiger partial charge in [0.25, 0.3) is 0 Å². The van der Waals surface area contributed by atoms with E-state index in [2.05, 4.69) is 34.6 Å². The molecule has 3 unspecified atom stereocenters. The summed E-state index contributed by atoms with van der Waals surface area (Å²) in [5.74, 6) is 0.736. The third kappa shape index (κ3) is 2.15. The highest BCUT2D eigenvalue weighted by molar-refractivity contribution is 5.29. The molecule has 0 bridgehead atoms. The topological polar surface area (TPSA) is 9.23 Å². The Hall–Kier alpha value is -0.300. The Bertz CT molecular complexity index is 353. The van der Waals surface area contributed by atoms with E-state index in [9.17, 15) is 0 Å². The lowest BCUT2D eigenvalue weighted by Crippen LogP contribution is -2.43. The summed E-state index contributed by atoms with van der Waals surface area (Å²) in [6.07, 6.45) is 6.97. The molecule has 2 aliphatic carbocycles. The number of allylic oxidation sites excluding steroid dienone is 2. The van der Waals surface area contributed by atoms with Gasteiger partial charge in [-0.3, -0.25) is 0 Å². The van der Waals surface area contributed by atoms with Crippen LogP contribution in [0, 0.1) is 16.7 Å². The summed E-state index contributed by atoms with van der Waals surface area (Å²) in [7, 11) is 1.86. The van der Waals surface area contributed by atoms with E-state index in [-0.39, 0.29) is 0 Å². The third-order valence-electron chi connectivity index (χ3n) is 6.04. The SMILES string of the molecule is COC(C)C1(C)CC2=C(CCCC2(C)C)CC1C. The van der Waals surface area contributed by atoms with Gasteiger partial charge < -0.3 is 4.74 Å². The van der Waals surface area contributed by atoms with Gasteiger partial charge >= 0.3 is 0 Å². The number of rotatable bonds is 2. The van der Waals surface area contributed by atoms with Crippen molar-refractivity contribution in [3.63, 3.8) is 0 Å². The van der Waals surface area contributed by atoms with E-state index in [1.807, 2.05) is 7.11 Å². The molecule has 0 radical (unpaired) electrons. The fraction of sp³-hybridized carbons (Fsp3) is 0.882. The van der Waals surface area contributed by atoms with Gasteiger partial charge in [0.05, 0.1) is 6.10 Å². The Morgan fingerprint density at radius 3 is 2.56 bits per heavy atom. The van der Waals surface area contributed by atoms with Gasteiger partial charge in [0.15, 0.2) is 0 Å². The van der Waals surface area contributed by atoms with E-state index < -0.39 is 0 Å². The highest BCUT2D eigenvalue weighted by Gasteiger charge is 2.45. The molecular formula is C17H30O. The van der Waals surface area contributed by atoms with Crippen LogP contribution in [0.5, 0.6) is 0 Å². The molecule has 0 saturated heterocycles. The van der Waals surface area contributed by atoms with Gasteiger partial charge in [-0.1, -0.05) is 38.8 Å². The number of methoxy groups -OCH3 is 1. The van der Waals surface area contributed by atoms with Crippen LogP contribution in [0.25, 0.3) is 0 Å². The fourth-order valence-corrected chi connectivity index (χ4v) is 4.09. The number of ether oxygens (including phenoxy) is 1. The molecule has 0 aromatic rings. The minimum absolute atomic E-state index is 0.308. The Kier molecular flexibility index (Phi) is 3.66. The lowest BCUT2D eigenvalue weighted by Gasteiger charge is -2.50. The summed E-state index contributed by atoms with van der Waals surface area (Å²) in [5, 5.41) is 0. The van der Waals surface area contributed by atoms with E-state index in [0.29, 0.717) is 16.9 Å². The van der Waals surface area contributed by atoms with Crippen molar-refractivity contribution < 1.29 is 4.74 Å². The average molecular weight is 250 g/mol. The zero-order chi connectivity index (χ0) is 13.6. The van der Waals surface area contributed by atoms with Crippen molar-refractivity contribution >= 4 is 0 Å². The summed E-state index contributed by atoms with van der Waals surface area (Å²) in [5.41, 5.74) is 4.27. The second-order valence-corrected chi connectivity index (χ2v) is 7.49. The molecule has 1 heteroatoms. The molecule has 2 rings (SSSR count). The molecule has 0 saturated carbocycles. The van der Waals surface area contributed by atoms with Crippen LogP contribution in [-0.2, 0) is 4.74 Å². The molecule has 0 N–H and O–H groups in total. The summed E-state index contributed by atoms with van der Waals surface area (Å²) in [6, 6.07) is 0. The Morgan fingerprint density at radius 2 is 1.94 bits per heavy atom. The quantitative estimate of drug-likeness (QED) is 0.629. The third-order valence-corrected chi connectivity index (χ3v) is 6.04. The van der Waals surface area contributed by atoms with Crippen LogP contribution in [0.4, 0.5) is 0 Å². The minimum atomic E-state index is 0.308. The first-order chi connectivity index (χ1) is 8.31. The molecule has 18 heavy (non-hydrogen) atoms. The van der Waals surface area contributed by atoms with E-state index >= 15 is 0 Å². The number of hydrogen-bond donors (Lipinski definition) is 0. The Balaban J connectivity index is 2.35. The van der Waals surface area contributed by atoms with Gasteiger partial charge in [-0.05, 0) is 50.4 Å². The molecule has 104 valence electrons. The second kappa shape index (κ2) is 4.67. The van der Waals surface area contributed by atoms with Gasteiger partial charge in [0.1, 0.15) is 0 Å². The average Bonchev–Trinajstić information content (AvgIpc) is 2.30. The van der Waals surface area contributed by atoms with Crippen molar-refractivity contribution in [2.45, 2.75) is 72.8 Å². The van der Waals surface area contributed by atoms with Crippen molar-refractivity contribution in [2.75, 3.05) is 7.11 Å². The van der Waals surface area contributed by atoms with Crippen molar-refractivity contribution in [1.82, 2.24) is 0 Å². The Morgan fingerprint density at radius 1 is 1.28 bits per heavy atom. The van der Waals surface area contributed by atoms with Crippen LogP contribution in [0.15, 0.2) is 11.1 Å². The maximum Gasteiger partial charge on any atom is 0.0602 e. The zero-order valence-electron chi connectivity index (χ0n) is 13.1. The molecule has 0 aliphatic heterocycles. The molecule has 2 aliphatic rings. The van der Waals surface area contributed by atoms with E-state index in [1.54, 1.807) is 11.1 Å².